The maximum absolute atomic E-state index is 9.94. The predicted molar refractivity (Wildman–Crippen MR) is 57.2 cm³/mol. The summed E-state index contributed by atoms with van der Waals surface area (Å²) in [7, 11) is 0. The van der Waals surface area contributed by atoms with E-state index >= 15 is 0 Å². The molecule has 0 aromatic carbocycles. The van der Waals surface area contributed by atoms with Crippen LogP contribution in [-0.2, 0) is 4.79 Å². The molecule has 0 saturated heterocycles. The first kappa shape index (κ1) is 15.4. The Bertz CT molecular complexity index is 83.9. The van der Waals surface area contributed by atoms with Crippen molar-refractivity contribution in [1.29, 1.82) is 0 Å². The van der Waals surface area contributed by atoms with Gasteiger partial charge in [0.2, 0.25) is 0 Å². The van der Waals surface area contributed by atoms with Gasteiger partial charge in [0.1, 0.15) is 6.29 Å². The molecule has 0 aliphatic carbocycles. The summed E-state index contributed by atoms with van der Waals surface area (Å²) in [6, 6.07) is 0. The van der Waals surface area contributed by atoms with Crippen molar-refractivity contribution in [2.75, 3.05) is 0 Å². The Morgan fingerprint density at radius 2 is 1.42 bits per heavy atom. The van der Waals surface area contributed by atoms with Crippen molar-refractivity contribution >= 4 is 44.0 Å². The number of carbonyl (C=O) groups excluding carboxylic acids is 1. The fourth-order valence-corrected chi connectivity index (χ4v) is 1.18. The molecule has 2 heteroatoms. The number of hydrogen-bond donors (Lipinski definition) is 0. The average molecular weight is 198 g/mol. The van der Waals surface area contributed by atoms with Crippen molar-refractivity contribution in [3.63, 3.8) is 0 Å². The maximum atomic E-state index is 9.94. The van der Waals surface area contributed by atoms with E-state index in [0.29, 0.717) is 0 Å². The van der Waals surface area contributed by atoms with Crippen LogP contribution in [0.4, 0.5) is 0 Å². The van der Waals surface area contributed by atoms with Gasteiger partial charge < -0.3 is 4.79 Å². The third-order valence-corrected chi connectivity index (χ3v) is 1.93. The molecule has 0 amide bonds. The number of unbranched alkanes of at least 4 members (excludes halogenated alkanes) is 7. The molecule has 0 atom stereocenters. The third-order valence-electron chi connectivity index (χ3n) is 1.93. The first-order valence-corrected chi connectivity index (χ1v) is 4.85. The predicted octanol–water partition coefficient (Wildman–Crippen LogP) is 2.41. The molecule has 0 spiro atoms. The number of carbonyl (C=O) groups is 1. The van der Waals surface area contributed by atoms with Crippen LogP contribution in [0.1, 0.15) is 58.3 Å². The number of rotatable bonds is 8. The summed E-state index contributed by atoms with van der Waals surface area (Å²) in [5, 5.41) is 0. The number of hydrogen-bond acceptors (Lipinski definition) is 1. The molecule has 0 aliphatic heterocycles. The van der Waals surface area contributed by atoms with Gasteiger partial charge in [0.05, 0.1) is 0 Å². The Balaban J connectivity index is 0. The SMILES string of the molecule is CCCCCCCCCC=O.[CaH2]. The molecule has 1 nitrogen and oxygen atoms in total. The molecular formula is C10H22CaO. The monoisotopic (exact) mass is 198 g/mol. The summed E-state index contributed by atoms with van der Waals surface area (Å²) in [5.41, 5.74) is 0. The van der Waals surface area contributed by atoms with Gasteiger partial charge in [-0.15, -0.1) is 0 Å². The van der Waals surface area contributed by atoms with E-state index in [1.165, 1.54) is 38.5 Å². The Hall–Kier alpha value is 0.930. The first-order chi connectivity index (χ1) is 5.41. The Labute approximate surface area is 106 Å². The summed E-state index contributed by atoms with van der Waals surface area (Å²) < 4.78 is 0. The average Bonchev–Trinajstić information content (AvgIpc) is 2.03. The zero-order chi connectivity index (χ0) is 8.36. The molecule has 0 heterocycles. The van der Waals surface area contributed by atoms with Crippen LogP contribution in [0, 0.1) is 0 Å². The van der Waals surface area contributed by atoms with Gasteiger partial charge in [0.15, 0.2) is 0 Å². The summed E-state index contributed by atoms with van der Waals surface area (Å²) in [6.45, 7) is 2.23. The van der Waals surface area contributed by atoms with Crippen LogP contribution in [0.25, 0.3) is 0 Å². The van der Waals surface area contributed by atoms with Crippen LogP contribution in [0.15, 0.2) is 0 Å². The van der Waals surface area contributed by atoms with Crippen LogP contribution in [-0.4, -0.2) is 44.0 Å². The molecule has 0 fully saturated rings. The minimum atomic E-state index is 0. The van der Waals surface area contributed by atoms with Gasteiger partial charge in [0, 0.05) is 6.42 Å². The second kappa shape index (κ2) is 14.5. The molecule has 0 radical (unpaired) electrons. The molecule has 0 saturated carbocycles. The van der Waals surface area contributed by atoms with Crippen molar-refractivity contribution < 1.29 is 4.79 Å². The summed E-state index contributed by atoms with van der Waals surface area (Å²) in [6.07, 6.45) is 10.8. The van der Waals surface area contributed by atoms with Gasteiger partial charge in [-0.3, -0.25) is 0 Å². The Morgan fingerprint density at radius 1 is 0.917 bits per heavy atom. The third kappa shape index (κ3) is 13.5. The van der Waals surface area contributed by atoms with E-state index < -0.39 is 0 Å². The molecule has 0 bridgehead atoms. The topological polar surface area (TPSA) is 17.1 Å². The number of aldehydes is 1. The van der Waals surface area contributed by atoms with E-state index in [0.717, 1.165) is 19.1 Å². The molecular weight excluding hydrogens is 176 g/mol. The van der Waals surface area contributed by atoms with Crippen molar-refractivity contribution in [3.05, 3.63) is 0 Å². The summed E-state index contributed by atoms with van der Waals surface area (Å²) in [4.78, 5) is 9.94. The van der Waals surface area contributed by atoms with Crippen LogP contribution in [0.5, 0.6) is 0 Å². The molecule has 0 rings (SSSR count). The Kier molecular flexibility index (Phi) is 18.6. The van der Waals surface area contributed by atoms with Gasteiger partial charge in [-0.2, -0.15) is 0 Å². The zero-order valence-corrected chi connectivity index (χ0v) is 7.64. The quantitative estimate of drug-likeness (QED) is 0.332. The fourth-order valence-electron chi connectivity index (χ4n) is 1.18. The van der Waals surface area contributed by atoms with Crippen LogP contribution < -0.4 is 0 Å². The Morgan fingerprint density at radius 3 is 1.92 bits per heavy atom. The van der Waals surface area contributed by atoms with Crippen LogP contribution in [0.2, 0.25) is 0 Å². The molecule has 0 aromatic heterocycles. The van der Waals surface area contributed by atoms with E-state index in [1.54, 1.807) is 0 Å². The molecule has 0 unspecified atom stereocenters. The van der Waals surface area contributed by atoms with Gasteiger partial charge >= 0.3 is 37.7 Å². The molecule has 12 heavy (non-hydrogen) atoms. The van der Waals surface area contributed by atoms with Crippen LogP contribution in [0.3, 0.4) is 0 Å². The van der Waals surface area contributed by atoms with Crippen molar-refractivity contribution in [3.8, 4) is 0 Å². The summed E-state index contributed by atoms with van der Waals surface area (Å²) in [5.74, 6) is 0. The van der Waals surface area contributed by atoms with E-state index in [2.05, 4.69) is 6.92 Å². The van der Waals surface area contributed by atoms with E-state index in [1.807, 2.05) is 0 Å². The van der Waals surface area contributed by atoms with E-state index in [9.17, 15) is 4.79 Å². The molecule has 0 N–H and O–H groups in total. The molecule has 0 aliphatic rings. The van der Waals surface area contributed by atoms with Gasteiger partial charge in [-0.1, -0.05) is 45.4 Å². The van der Waals surface area contributed by atoms with Crippen molar-refractivity contribution in [1.82, 2.24) is 0 Å². The minimum absolute atomic E-state index is 0. The molecule has 70 valence electrons. The van der Waals surface area contributed by atoms with Crippen molar-refractivity contribution in [2.45, 2.75) is 58.3 Å². The van der Waals surface area contributed by atoms with Gasteiger partial charge in [-0.05, 0) is 6.42 Å². The molecule has 0 aromatic rings. The standard InChI is InChI=1S/C10H20O.Ca.2H/c1-2-3-4-5-6-7-8-9-10-11;;;/h10H,2-9H2,1H3;;;. The normalized spacial score (nSPS) is 9.08. The van der Waals surface area contributed by atoms with Gasteiger partial charge in [-0.25, -0.2) is 0 Å². The second-order valence-corrected chi connectivity index (χ2v) is 3.08. The van der Waals surface area contributed by atoms with Crippen molar-refractivity contribution in [2.24, 2.45) is 0 Å². The van der Waals surface area contributed by atoms with E-state index in [4.69, 9.17) is 0 Å². The van der Waals surface area contributed by atoms with Gasteiger partial charge in [0.25, 0.3) is 0 Å². The van der Waals surface area contributed by atoms with Crippen LogP contribution >= 0.6 is 0 Å². The zero-order valence-electron chi connectivity index (χ0n) is 7.64. The van der Waals surface area contributed by atoms with E-state index in [-0.39, 0.29) is 37.7 Å². The fraction of sp³-hybridized carbons (Fsp3) is 0.900. The second-order valence-electron chi connectivity index (χ2n) is 3.08. The first-order valence-electron chi connectivity index (χ1n) is 4.85. The summed E-state index contributed by atoms with van der Waals surface area (Å²) >= 11 is 0.